The van der Waals surface area contributed by atoms with Gasteiger partial charge in [0.15, 0.2) is 0 Å². The van der Waals surface area contributed by atoms with Crippen molar-refractivity contribution in [1.82, 2.24) is 4.90 Å². The largest absolute Gasteiger partial charge is 0.446 e. The molecule has 0 aromatic heterocycles. The molecule has 0 unspecified atom stereocenters. The summed E-state index contributed by atoms with van der Waals surface area (Å²) in [5, 5.41) is 0. The first-order valence-corrected chi connectivity index (χ1v) is 4.68. The minimum atomic E-state index is -0.331. The second-order valence-corrected chi connectivity index (χ2v) is 4.10. The van der Waals surface area contributed by atoms with Crippen LogP contribution in [0.4, 0.5) is 4.79 Å². The molecule has 0 aliphatic rings. The van der Waals surface area contributed by atoms with E-state index in [1.807, 2.05) is 0 Å². The highest BCUT2D eigenvalue weighted by molar-refractivity contribution is 5.67. The van der Waals surface area contributed by atoms with E-state index in [1.54, 1.807) is 4.90 Å². The molecular weight excluding hydrogens is 166 g/mol. The maximum atomic E-state index is 11.2. The van der Waals surface area contributed by atoms with Gasteiger partial charge < -0.3 is 9.64 Å². The Kier molecular flexibility index (Phi) is 5.51. The zero-order chi connectivity index (χ0) is 10.4. The average molecular weight is 186 g/mol. The van der Waals surface area contributed by atoms with Gasteiger partial charge in [-0.1, -0.05) is 27.7 Å². The lowest BCUT2D eigenvalue weighted by Crippen LogP contribution is -2.36. The number of hydrogen-bond acceptors (Lipinski definition) is 2. The predicted molar refractivity (Wildman–Crippen MR) is 53.1 cm³/mol. The molecule has 1 radical (unpaired) electrons. The lowest BCUT2D eigenvalue weighted by molar-refractivity contribution is 0.124. The third kappa shape index (κ3) is 5.50. The van der Waals surface area contributed by atoms with E-state index in [0.29, 0.717) is 11.8 Å². The first-order valence-electron chi connectivity index (χ1n) is 4.68. The fraction of sp³-hybridized carbons (Fsp3) is 0.800. The van der Waals surface area contributed by atoms with Gasteiger partial charge in [-0.3, -0.25) is 0 Å². The van der Waals surface area contributed by atoms with Gasteiger partial charge in [0.05, 0.1) is 0 Å². The zero-order valence-electron chi connectivity index (χ0n) is 9.04. The molecule has 0 bridgehead atoms. The molecular formula is C10H20NO2. The Morgan fingerprint density at radius 1 is 1.23 bits per heavy atom. The third-order valence-electron chi connectivity index (χ3n) is 1.55. The van der Waals surface area contributed by atoms with Crippen LogP contribution in [0.5, 0.6) is 0 Å². The molecule has 0 N–H and O–H groups in total. The van der Waals surface area contributed by atoms with Gasteiger partial charge in [-0.25, -0.2) is 4.79 Å². The van der Waals surface area contributed by atoms with Crippen molar-refractivity contribution in [1.29, 1.82) is 0 Å². The number of hydrogen-bond donors (Lipinski definition) is 0. The van der Waals surface area contributed by atoms with E-state index in [0.717, 1.165) is 13.1 Å². The van der Waals surface area contributed by atoms with Crippen molar-refractivity contribution in [2.45, 2.75) is 27.7 Å². The van der Waals surface area contributed by atoms with E-state index in [2.05, 4.69) is 39.5 Å². The van der Waals surface area contributed by atoms with Crippen molar-refractivity contribution >= 4 is 6.09 Å². The fourth-order valence-electron chi connectivity index (χ4n) is 1.20. The monoisotopic (exact) mass is 186 g/mol. The highest BCUT2D eigenvalue weighted by atomic mass is 16.5. The van der Waals surface area contributed by atoms with E-state index in [4.69, 9.17) is 0 Å². The van der Waals surface area contributed by atoms with E-state index < -0.39 is 0 Å². The lowest BCUT2D eigenvalue weighted by atomic mass is 10.1. The summed E-state index contributed by atoms with van der Waals surface area (Å²) >= 11 is 0. The fourth-order valence-corrected chi connectivity index (χ4v) is 1.20. The minimum Gasteiger partial charge on any atom is -0.446 e. The summed E-state index contributed by atoms with van der Waals surface area (Å²) < 4.78 is 4.45. The van der Waals surface area contributed by atoms with Crippen molar-refractivity contribution in [2.75, 3.05) is 13.1 Å². The highest BCUT2D eigenvalue weighted by Crippen LogP contribution is 2.05. The standard InChI is InChI=1S/C10H20NO2/c1-8(2)6-11(7-9(3)4)10(12)13-5/h8-9H,5-7H2,1-4H3. The van der Waals surface area contributed by atoms with Crippen LogP contribution in [0.15, 0.2) is 0 Å². The molecule has 0 atom stereocenters. The Morgan fingerprint density at radius 3 is 1.85 bits per heavy atom. The number of ether oxygens (including phenoxy) is 1. The lowest BCUT2D eigenvalue weighted by Gasteiger charge is -2.24. The van der Waals surface area contributed by atoms with Gasteiger partial charge in [0.25, 0.3) is 0 Å². The Balaban J connectivity index is 4.10. The van der Waals surface area contributed by atoms with Crippen molar-refractivity contribution in [3.05, 3.63) is 7.11 Å². The molecule has 1 amide bonds. The van der Waals surface area contributed by atoms with Crippen LogP contribution in [0, 0.1) is 18.9 Å². The Labute approximate surface area is 81.1 Å². The summed E-state index contributed by atoms with van der Waals surface area (Å²) in [7, 11) is 3.13. The molecule has 0 aliphatic carbocycles. The minimum absolute atomic E-state index is 0.331. The van der Waals surface area contributed by atoms with Crippen molar-refractivity contribution < 1.29 is 9.53 Å². The van der Waals surface area contributed by atoms with Crippen LogP contribution in [0.25, 0.3) is 0 Å². The van der Waals surface area contributed by atoms with Crippen LogP contribution < -0.4 is 0 Å². The van der Waals surface area contributed by atoms with Crippen LogP contribution in [0.1, 0.15) is 27.7 Å². The first kappa shape index (κ1) is 12.3. The first-order chi connectivity index (χ1) is 5.97. The summed E-state index contributed by atoms with van der Waals surface area (Å²) in [5.74, 6) is 0.913. The normalized spacial score (nSPS) is 10.7. The molecule has 0 aliphatic heterocycles. The maximum absolute atomic E-state index is 11.2. The van der Waals surface area contributed by atoms with Gasteiger partial charge in [-0.2, -0.15) is 0 Å². The molecule has 0 saturated carbocycles. The van der Waals surface area contributed by atoms with E-state index in [-0.39, 0.29) is 6.09 Å². The molecule has 77 valence electrons. The number of nitrogens with zero attached hydrogens (tertiary/aromatic N) is 1. The Morgan fingerprint density at radius 2 is 1.62 bits per heavy atom. The van der Waals surface area contributed by atoms with Gasteiger partial charge in [0, 0.05) is 13.1 Å². The zero-order valence-corrected chi connectivity index (χ0v) is 9.04. The molecule has 0 aromatic carbocycles. The molecule has 13 heavy (non-hydrogen) atoms. The topological polar surface area (TPSA) is 29.5 Å². The number of amides is 1. The van der Waals surface area contributed by atoms with Gasteiger partial charge in [0.2, 0.25) is 0 Å². The molecule has 3 heteroatoms. The Bertz CT molecular complexity index is 145. The van der Waals surface area contributed by atoms with Crippen molar-refractivity contribution in [3.63, 3.8) is 0 Å². The smallest absolute Gasteiger partial charge is 0.409 e. The van der Waals surface area contributed by atoms with E-state index in [9.17, 15) is 4.79 Å². The van der Waals surface area contributed by atoms with E-state index >= 15 is 0 Å². The highest BCUT2D eigenvalue weighted by Gasteiger charge is 2.15. The summed E-state index contributed by atoms with van der Waals surface area (Å²) in [4.78, 5) is 12.9. The predicted octanol–water partition coefficient (Wildman–Crippen LogP) is 2.53. The van der Waals surface area contributed by atoms with E-state index in [1.165, 1.54) is 0 Å². The molecule has 0 spiro atoms. The van der Waals surface area contributed by atoms with Gasteiger partial charge in [-0.05, 0) is 11.8 Å². The van der Waals surface area contributed by atoms with Gasteiger partial charge in [-0.15, -0.1) is 0 Å². The maximum Gasteiger partial charge on any atom is 0.409 e. The number of carbonyl (C=O) groups is 1. The average Bonchev–Trinajstić information content (AvgIpc) is 2.00. The summed E-state index contributed by atoms with van der Waals surface area (Å²) in [6, 6.07) is 0. The number of carbonyl (C=O) groups excluding carboxylic acids is 1. The van der Waals surface area contributed by atoms with Crippen LogP contribution in [-0.2, 0) is 4.74 Å². The Hall–Kier alpha value is -0.730. The summed E-state index contributed by atoms with van der Waals surface area (Å²) in [6.45, 7) is 9.75. The van der Waals surface area contributed by atoms with Crippen LogP contribution in [0.2, 0.25) is 0 Å². The molecule has 0 saturated heterocycles. The summed E-state index contributed by atoms with van der Waals surface area (Å²) in [5.41, 5.74) is 0. The molecule has 3 nitrogen and oxygen atoms in total. The van der Waals surface area contributed by atoms with Crippen molar-refractivity contribution in [3.8, 4) is 0 Å². The third-order valence-corrected chi connectivity index (χ3v) is 1.55. The summed E-state index contributed by atoms with van der Waals surface area (Å²) in [6.07, 6.45) is -0.331. The molecule has 0 aromatic rings. The SMILES string of the molecule is [CH2]OC(=O)N(CC(C)C)CC(C)C. The van der Waals surface area contributed by atoms with Crippen LogP contribution >= 0.6 is 0 Å². The van der Waals surface area contributed by atoms with Crippen molar-refractivity contribution in [2.24, 2.45) is 11.8 Å². The van der Waals surface area contributed by atoms with Crippen LogP contribution in [0.3, 0.4) is 0 Å². The molecule has 0 heterocycles. The van der Waals surface area contributed by atoms with Gasteiger partial charge in [0.1, 0.15) is 7.11 Å². The van der Waals surface area contributed by atoms with Crippen LogP contribution in [-0.4, -0.2) is 24.1 Å². The second-order valence-electron chi connectivity index (χ2n) is 4.10. The molecule has 0 rings (SSSR count). The number of rotatable bonds is 4. The second kappa shape index (κ2) is 5.84. The quantitative estimate of drug-likeness (QED) is 0.675. The molecule has 0 fully saturated rings. The van der Waals surface area contributed by atoms with Gasteiger partial charge >= 0.3 is 6.09 Å².